The minimum absolute atomic E-state index is 0.165. The Balaban J connectivity index is 1.60. The summed E-state index contributed by atoms with van der Waals surface area (Å²) in [5.41, 5.74) is 9.18. The Morgan fingerprint density at radius 1 is 0.875 bits per heavy atom. The Hall–Kier alpha value is -4.39. The van der Waals surface area contributed by atoms with E-state index < -0.39 is 5.97 Å². The van der Waals surface area contributed by atoms with Crippen molar-refractivity contribution in [2.24, 2.45) is 0 Å². The van der Waals surface area contributed by atoms with Crippen LogP contribution in [0.25, 0.3) is 0 Å². The van der Waals surface area contributed by atoms with Crippen LogP contribution in [-0.2, 0) is 4.74 Å². The van der Waals surface area contributed by atoms with Crippen molar-refractivity contribution in [3.63, 3.8) is 0 Å². The van der Waals surface area contributed by atoms with Crippen LogP contribution in [0.4, 0.5) is 11.5 Å². The van der Waals surface area contributed by atoms with Gasteiger partial charge in [0.1, 0.15) is 17.8 Å². The molecule has 1 aromatic heterocycles. The molecule has 3 aromatic carbocycles. The van der Waals surface area contributed by atoms with Gasteiger partial charge in [-0.3, -0.25) is 0 Å². The molecule has 0 saturated carbocycles. The highest BCUT2D eigenvalue weighted by Gasteiger charge is 2.18. The highest BCUT2D eigenvalue weighted by molar-refractivity contribution is 5.89. The molecule has 0 aliphatic rings. The molecule has 0 unspecified atom stereocenters. The van der Waals surface area contributed by atoms with Crippen molar-refractivity contribution in [2.45, 2.75) is 6.04 Å². The van der Waals surface area contributed by atoms with E-state index in [9.17, 15) is 4.79 Å². The normalized spacial score (nSPS) is 10.6. The van der Waals surface area contributed by atoms with E-state index in [1.807, 2.05) is 60.7 Å². The van der Waals surface area contributed by atoms with Gasteiger partial charge in [-0.25, -0.2) is 9.78 Å². The van der Waals surface area contributed by atoms with Gasteiger partial charge >= 0.3 is 5.97 Å². The summed E-state index contributed by atoms with van der Waals surface area (Å²) < 4.78 is 10.6. The number of hydrogen-bond acceptors (Lipinski definition) is 7. The van der Waals surface area contributed by atoms with E-state index in [1.54, 1.807) is 24.3 Å². The van der Waals surface area contributed by atoms with Gasteiger partial charge in [0.15, 0.2) is 5.82 Å². The van der Waals surface area contributed by atoms with Crippen molar-refractivity contribution in [3.05, 3.63) is 108 Å². The maximum absolute atomic E-state index is 11.6. The number of aromatic nitrogens is 2. The standard InChI is InChI=1S/C25H22N4O3/c1-31-25(30)19-12-14-20(15-13-19)32-24-21(26)23(27-16-28-24)29-22(17-8-4-2-5-9-17)18-10-6-3-7-11-18/h2-16,22H,26H2,1H3,(H,27,28,29). The molecule has 0 aliphatic carbocycles. The molecule has 1 heterocycles. The van der Waals surface area contributed by atoms with Crippen LogP contribution in [0.1, 0.15) is 27.5 Å². The Labute approximate surface area is 185 Å². The molecule has 0 atom stereocenters. The fourth-order valence-electron chi connectivity index (χ4n) is 3.25. The minimum atomic E-state index is -0.419. The molecule has 0 fully saturated rings. The molecule has 0 saturated heterocycles. The van der Waals surface area contributed by atoms with Gasteiger partial charge in [-0.15, -0.1) is 0 Å². The average Bonchev–Trinajstić information content (AvgIpc) is 2.85. The largest absolute Gasteiger partial charge is 0.465 e. The van der Waals surface area contributed by atoms with Crippen molar-refractivity contribution in [3.8, 4) is 11.6 Å². The van der Waals surface area contributed by atoms with Gasteiger partial charge in [0, 0.05) is 0 Å². The number of anilines is 2. The molecule has 3 N–H and O–H groups in total. The number of nitrogens with one attached hydrogen (secondary N) is 1. The topological polar surface area (TPSA) is 99.4 Å². The lowest BCUT2D eigenvalue weighted by Crippen LogP contribution is -2.15. The van der Waals surface area contributed by atoms with Gasteiger partial charge in [-0.2, -0.15) is 4.98 Å². The van der Waals surface area contributed by atoms with E-state index in [4.69, 9.17) is 15.2 Å². The van der Waals surface area contributed by atoms with Crippen molar-refractivity contribution in [1.29, 1.82) is 0 Å². The molecule has 0 amide bonds. The van der Waals surface area contributed by atoms with Crippen LogP contribution in [0.15, 0.2) is 91.3 Å². The number of hydrogen-bond donors (Lipinski definition) is 2. The predicted molar refractivity (Wildman–Crippen MR) is 123 cm³/mol. The van der Waals surface area contributed by atoms with E-state index in [2.05, 4.69) is 15.3 Å². The highest BCUT2D eigenvalue weighted by atomic mass is 16.5. The van der Waals surface area contributed by atoms with Crippen LogP contribution >= 0.6 is 0 Å². The summed E-state index contributed by atoms with van der Waals surface area (Å²) >= 11 is 0. The summed E-state index contributed by atoms with van der Waals surface area (Å²) in [5, 5.41) is 3.42. The number of methoxy groups -OCH3 is 1. The van der Waals surface area contributed by atoms with Crippen molar-refractivity contribution in [2.75, 3.05) is 18.2 Å². The summed E-state index contributed by atoms with van der Waals surface area (Å²) in [7, 11) is 1.33. The molecular formula is C25H22N4O3. The molecule has 0 bridgehead atoms. The Morgan fingerprint density at radius 3 is 2.03 bits per heavy atom. The SMILES string of the molecule is COC(=O)c1ccc(Oc2ncnc(NC(c3ccccc3)c3ccccc3)c2N)cc1. The van der Waals surface area contributed by atoms with Crippen LogP contribution in [0.3, 0.4) is 0 Å². The average molecular weight is 426 g/mol. The number of nitrogens with two attached hydrogens (primary N) is 1. The first kappa shape index (κ1) is 20.9. The number of benzene rings is 3. The molecule has 0 radical (unpaired) electrons. The Kier molecular flexibility index (Phi) is 6.27. The molecule has 7 heteroatoms. The molecule has 0 aliphatic heterocycles. The molecule has 0 spiro atoms. The quantitative estimate of drug-likeness (QED) is 0.408. The van der Waals surface area contributed by atoms with Gasteiger partial charge < -0.3 is 20.5 Å². The number of nitrogen functional groups attached to an aromatic ring is 1. The lowest BCUT2D eigenvalue weighted by molar-refractivity contribution is 0.0600. The molecule has 160 valence electrons. The fourth-order valence-corrected chi connectivity index (χ4v) is 3.25. The van der Waals surface area contributed by atoms with Gasteiger partial charge in [0.05, 0.1) is 18.7 Å². The third-order valence-electron chi connectivity index (χ3n) is 4.88. The number of ether oxygens (including phenoxy) is 2. The monoisotopic (exact) mass is 426 g/mol. The van der Waals surface area contributed by atoms with Crippen molar-refractivity contribution < 1.29 is 14.3 Å². The molecule has 4 aromatic rings. The summed E-state index contributed by atoms with van der Waals surface area (Å²) in [5.74, 6) is 0.737. The number of esters is 1. The number of nitrogens with zero attached hydrogens (tertiary/aromatic N) is 2. The van der Waals surface area contributed by atoms with Gasteiger partial charge in [-0.1, -0.05) is 60.7 Å². The van der Waals surface area contributed by atoms with Crippen LogP contribution in [0.5, 0.6) is 11.6 Å². The first-order valence-corrected chi connectivity index (χ1v) is 9.99. The third-order valence-corrected chi connectivity index (χ3v) is 4.88. The summed E-state index contributed by atoms with van der Waals surface area (Å²) in [6, 6.07) is 26.4. The molecule has 7 nitrogen and oxygen atoms in total. The van der Waals surface area contributed by atoms with E-state index >= 15 is 0 Å². The third kappa shape index (κ3) is 4.67. The Bertz CT molecular complexity index is 1140. The van der Waals surface area contributed by atoms with Gasteiger partial charge in [0.25, 0.3) is 0 Å². The van der Waals surface area contributed by atoms with Gasteiger partial charge in [0.2, 0.25) is 5.88 Å². The number of carbonyl (C=O) groups excluding carboxylic acids is 1. The zero-order valence-electron chi connectivity index (χ0n) is 17.4. The zero-order chi connectivity index (χ0) is 22.3. The van der Waals surface area contributed by atoms with Gasteiger partial charge in [-0.05, 0) is 35.4 Å². The van der Waals surface area contributed by atoms with E-state index in [0.29, 0.717) is 17.1 Å². The molecular weight excluding hydrogens is 404 g/mol. The second-order valence-corrected chi connectivity index (χ2v) is 6.96. The minimum Gasteiger partial charge on any atom is -0.465 e. The maximum atomic E-state index is 11.6. The van der Waals surface area contributed by atoms with Crippen molar-refractivity contribution in [1.82, 2.24) is 9.97 Å². The van der Waals surface area contributed by atoms with Crippen LogP contribution in [0.2, 0.25) is 0 Å². The van der Waals surface area contributed by atoms with Crippen LogP contribution < -0.4 is 15.8 Å². The highest BCUT2D eigenvalue weighted by Crippen LogP contribution is 2.33. The predicted octanol–water partition coefficient (Wildman–Crippen LogP) is 4.84. The lowest BCUT2D eigenvalue weighted by atomic mass is 9.99. The second kappa shape index (κ2) is 9.61. The second-order valence-electron chi connectivity index (χ2n) is 6.96. The number of rotatable bonds is 7. The molecule has 4 rings (SSSR count). The Morgan fingerprint density at radius 2 is 1.47 bits per heavy atom. The number of carbonyl (C=O) groups is 1. The van der Waals surface area contributed by atoms with E-state index in [-0.39, 0.29) is 17.6 Å². The fraction of sp³-hybridized carbons (Fsp3) is 0.0800. The lowest BCUT2D eigenvalue weighted by Gasteiger charge is -2.21. The van der Waals surface area contributed by atoms with E-state index in [0.717, 1.165) is 11.1 Å². The summed E-state index contributed by atoms with van der Waals surface area (Å²) in [6.07, 6.45) is 1.39. The van der Waals surface area contributed by atoms with E-state index in [1.165, 1.54) is 13.4 Å². The van der Waals surface area contributed by atoms with Crippen LogP contribution in [-0.4, -0.2) is 23.0 Å². The first-order valence-electron chi connectivity index (χ1n) is 9.99. The smallest absolute Gasteiger partial charge is 0.337 e. The maximum Gasteiger partial charge on any atom is 0.337 e. The van der Waals surface area contributed by atoms with Crippen molar-refractivity contribution >= 4 is 17.5 Å². The summed E-state index contributed by atoms with van der Waals surface area (Å²) in [6.45, 7) is 0. The zero-order valence-corrected chi connectivity index (χ0v) is 17.4. The first-order chi connectivity index (χ1) is 15.7. The molecule has 32 heavy (non-hydrogen) atoms. The van der Waals surface area contributed by atoms with Crippen LogP contribution in [0, 0.1) is 0 Å². The summed E-state index contributed by atoms with van der Waals surface area (Å²) in [4.78, 5) is 20.1.